The molecule has 0 aromatic carbocycles. The summed E-state index contributed by atoms with van der Waals surface area (Å²) in [4.78, 5) is 16.5. The number of aromatic amines is 2. The fourth-order valence-electron chi connectivity index (χ4n) is 0.941. The second-order valence-electron chi connectivity index (χ2n) is 2.39. The van der Waals surface area contributed by atoms with E-state index < -0.39 is 0 Å². The lowest BCUT2D eigenvalue weighted by molar-refractivity contribution is 0.980. The molecule has 0 radical (unpaired) electrons. The first-order valence-electron chi connectivity index (χ1n) is 3.40. The van der Waals surface area contributed by atoms with Crippen molar-refractivity contribution in [3.8, 4) is 12.3 Å². The van der Waals surface area contributed by atoms with Crippen molar-refractivity contribution < 1.29 is 0 Å². The molecule has 1 rings (SSSR count). The molecule has 0 aliphatic heterocycles. The van der Waals surface area contributed by atoms with Crippen molar-refractivity contribution in [2.24, 2.45) is 0 Å². The molecule has 0 aliphatic carbocycles. The van der Waals surface area contributed by atoms with Crippen molar-refractivity contribution in [3.63, 3.8) is 0 Å². The number of hydrogen-bond acceptors (Lipinski definition) is 2. The van der Waals surface area contributed by atoms with Crippen LogP contribution in [-0.4, -0.2) is 9.97 Å². The smallest absolute Gasteiger partial charge is 0.256 e. The monoisotopic (exact) mass is 180 g/mol. The molecule has 0 fully saturated rings. The lowest BCUT2D eigenvalue weighted by Gasteiger charge is -1.98. The molecule has 0 spiro atoms. The minimum Gasteiger partial charge on any atom is -0.336 e. The Labute approximate surface area is 74.8 Å². The fourth-order valence-corrected chi connectivity index (χ4v) is 1.19. The Bertz CT molecular complexity index is 436. The summed E-state index contributed by atoms with van der Waals surface area (Å²) in [5, 5.41) is 0. The third-order valence-electron chi connectivity index (χ3n) is 1.53. The van der Waals surface area contributed by atoms with E-state index in [0.717, 1.165) is 5.69 Å². The van der Waals surface area contributed by atoms with Crippen LogP contribution in [0.4, 0.5) is 0 Å². The number of aryl methyl sites for hydroxylation is 1. The molecule has 0 aliphatic rings. The number of terminal acetylenes is 1. The lowest BCUT2D eigenvalue weighted by atomic mass is 10.2. The molecule has 1 aromatic heterocycles. The van der Waals surface area contributed by atoms with Gasteiger partial charge in [0, 0.05) is 17.7 Å². The Kier molecular flexibility index (Phi) is 2.46. The van der Waals surface area contributed by atoms with E-state index >= 15 is 0 Å². The molecule has 0 atom stereocenters. The minimum absolute atomic E-state index is 0.200. The third-order valence-corrected chi connectivity index (χ3v) is 1.74. The Morgan fingerprint density at radius 2 is 2.25 bits per heavy atom. The van der Waals surface area contributed by atoms with Gasteiger partial charge < -0.3 is 4.98 Å². The topological polar surface area (TPSA) is 48.6 Å². The molecule has 0 saturated heterocycles. The van der Waals surface area contributed by atoms with Crippen molar-refractivity contribution in [3.05, 3.63) is 26.4 Å². The van der Waals surface area contributed by atoms with E-state index in [4.69, 9.17) is 18.6 Å². The Morgan fingerprint density at radius 3 is 2.75 bits per heavy atom. The van der Waals surface area contributed by atoms with Gasteiger partial charge in [-0.25, -0.2) is 0 Å². The summed E-state index contributed by atoms with van der Waals surface area (Å²) in [5.74, 6) is 2.41. The molecule has 0 unspecified atom stereocenters. The molecular weight excluding hydrogens is 172 g/mol. The van der Waals surface area contributed by atoms with Gasteiger partial charge in [0.1, 0.15) is 0 Å². The molecule has 12 heavy (non-hydrogen) atoms. The number of hydrogen-bond donors (Lipinski definition) is 2. The molecular formula is C8H8N2OS. The number of aromatic nitrogens is 2. The van der Waals surface area contributed by atoms with Gasteiger partial charge in [-0.15, -0.1) is 12.3 Å². The summed E-state index contributed by atoms with van der Waals surface area (Å²) in [6, 6.07) is 0. The van der Waals surface area contributed by atoms with Crippen LogP contribution < -0.4 is 5.56 Å². The van der Waals surface area contributed by atoms with Crippen LogP contribution in [0, 0.1) is 24.0 Å². The minimum atomic E-state index is -0.200. The molecule has 0 amide bonds. The first-order chi connectivity index (χ1) is 5.65. The van der Waals surface area contributed by atoms with E-state index in [1.165, 1.54) is 0 Å². The summed E-state index contributed by atoms with van der Waals surface area (Å²) >= 11 is 4.77. The quantitative estimate of drug-likeness (QED) is 0.498. The molecule has 4 heteroatoms. The number of rotatable bonds is 1. The van der Waals surface area contributed by atoms with Gasteiger partial charge >= 0.3 is 0 Å². The highest BCUT2D eigenvalue weighted by molar-refractivity contribution is 7.71. The highest BCUT2D eigenvalue weighted by Crippen LogP contribution is 1.96. The third kappa shape index (κ3) is 1.63. The van der Waals surface area contributed by atoms with Crippen LogP contribution >= 0.6 is 12.2 Å². The van der Waals surface area contributed by atoms with Crippen molar-refractivity contribution >= 4 is 12.2 Å². The van der Waals surface area contributed by atoms with Crippen LogP contribution in [0.2, 0.25) is 0 Å². The Morgan fingerprint density at radius 1 is 1.58 bits per heavy atom. The van der Waals surface area contributed by atoms with Crippen LogP contribution in [0.25, 0.3) is 0 Å². The van der Waals surface area contributed by atoms with Crippen LogP contribution in [-0.2, 0) is 6.42 Å². The Balaban J connectivity index is 3.41. The maximum atomic E-state index is 11.2. The van der Waals surface area contributed by atoms with E-state index in [9.17, 15) is 4.79 Å². The largest absolute Gasteiger partial charge is 0.336 e. The van der Waals surface area contributed by atoms with Crippen molar-refractivity contribution in [1.29, 1.82) is 0 Å². The number of nitrogens with one attached hydrogen (secondary N) is 2. The summed E-state index contributed by atoms with van der Waals surface area (Å²) in [6.45, 7) is 1.78. The maximum absolute atomic E-state index is 11.2. The summed E-state index contributed by atoms with van der Waals surface area (Å²) in [5.41, 5.74) is 1.11. The summed E-state index contributed by atoms with van der Waals surface area (Å²) in [7, 11) is 0. The molecule has 62 valence electrons. The molecule has 0 saturated carbocycles. The van der Waals surface area contributed by atoms with Gasteiger partial charge in [-0.2, -0.15) is 0 Å². The van der Waals surface area contributed by atoms with Crippen molar-refractivity contribution in [1.82, 2.24) is 9.97 Å². The van der Waals surface area contributed by atoms with Crippen LogP contribution in [0.1, 0.15) is 11.3 Å². The number of H-pyrrole nitrogens is 2. The molecule has 1 aromatic rings. The van der Waals surface area contributed by atoms with Crippen molar-refractivity contribution in [2.75, 3.05) is 0 Å². The predicted molar refractivity (Wildman–Crippen MR) is 49.5 cm³/mol. The molecule has 3 nitrogen and oxygen atoms in total. The standard InChI is InChI=1S/C8H8N2OS/c1-3-4-6-5(2)9-8(12)10-7(6)11/h1H,4H2,2H3,(H2,9,10,11,12). The fraction of sp³-hybridized carbons (Fsp3) is 0.250. The summed E-state index contributed by atoms with van der Waals surface area (Å²) < 4.78 is 0.332. The lowest BCUT2D eigenvalue weighted by Crippen LogP contribution is -2.15. The SMILES string of the molecule is C#CCc1c(C)[nH]c(=S)[nH]c1=O. The summed E-state index contributed by atoms with van der Waals surface area (Å²) in [6.07, 6.45) is 5.42. The van der Waals surface area contributed by atoms with Gasteiger partial charge in [0.15, 0.2) is 4.77 Å². The van der Waals surface area contributed by atoms with E-state index in [1.54, 1.807) is 6.92 Å². The van der Waals surface area contributed by atoms with Gasteiger partial charge in [-0.1, -0.05) is 0 Å². The van der Waals surface area contributed by atoms with Gasteiger partial charge in [-0.3, -0.25) is 9.78 Å². The predicted octanol–water partition coefficient (Wildman–Crippen LogP) is 0.917. The van der Waals surface area contributed by atoms with Gasteiger partial charge in [0.05, 0.1) is 0 Å². The van der Waals surface area contributed by atoms with Gasteiger partial charge in [-0.05, 0) is 19.1 Å². The highest BCUT2D eigenvalue weighted by Gasteiger charge is 2.01. The normalized spacial score (nSPS) is 9.33. The van der Waals surface area contributed by atoms with Gasteiger partial charge in [0.2, 0.25) is 0 Å². The Hall–Kier alpha value is -1.34. The maximum Gasteiger partial charge on any atom is 0.256 e. The van der Waals surface area contributed by atoms with Crippen LogP contribution in [0.5, 0.6) is 0 Å². The molecule has 1 heterocycles. The second-order valence-corrected chi connectivity index (χ2v) is 2.80. The zero-order chi connectivity index (χ0) is 9.14. The molecule has 2 N–H and O–H groups in total. The van der Waals surface area contributed by atoms with Crippen molar-refractivity contribution in [2.45, 2.75) is 13.3 Å². The van der Waals surface area contributed by atoms with E-state index in [-0.39, 0.29) is 5.56 Å². The van der Waals surface area contributed by atoms with E-state index in [1.807, 2.05) is 0 Å². The molecule has 0 bridgehead atoms. The van der Waals surface area contributed by atoms with Crippen LogP contribution in [0.15, 0.2) is 4.79 Å². The van der Waals surface area contributed by atoms with Crippen LogP contribution in [0.3, 0.4) is 0 Å². The zero-order valence-electron chi connectivity index (χ0n) is 6.60. The van der Waals surface area contributed by atoms with Gasteiger partial charge in [0.25, 0.3) is 5.56 Å². The zero-order valence-corrected chi connectivity index (χ0v) is 7.42. The van der Waals surface area contributed by atoms with E-state index in [2.05, 4.69) is 15.9 Å². The first-order valence-corrected chi connectivity index (χ1v) is 3.81. The first kappa shape index (κ1) is 8.75. The van der Waals surface area contributed by atoms with E-state index in [0.29, 0.717) is 16.8 Å². The average molecular weight is 180 g/mol. The highest BCUT2D eigenvalue weighted by atomic mass is 32.1. The average Bonchev–Trinajstić information content (AvgIpc) is 1.96. The second kappa shape index (κ2) is 3.37.